The summed E-state index contributed by atoms with van der Waals surface area (Å²) in [6, 6.07) is 7.16. The molecule has 126 valence electrons. The number of amides is 1. The summed E-state index contributed by atoms with van der Waals surface area (Å²) in [5.41, 5.74) is 0. The zero-order valence-electron chi connectivity index (χ0n) is 13.8. The van der Waals surface area contributed by atoms with Gasteiger partial charge in [-0.05, 0) is 31.9 Å². The van der Waals surface area contributed by atoms with Crippen LogP contribution in [0.1, 0.15) is 19.8 Å². The lowest BCUT2D eigenvalue weighted by molar-refractivity contribution is -0.150. The minimum atomic E-state index is -0.586. The van der Waals surface area contributed by atoms with E-state index in [2.05, 4.69) is 0 Å². The number of piperidine rings is 1. The molecule has 0 bridgehead atoms. The average molecular weight is 321 g/mol. The Bertz CT molecular complexity index is 552. The monoisotopic (exact) mass is 321 g/mol. The molecule has 1 aliphatic heterocycles. The number of rotatable bonds is 5. The highest BCUT2D eigenvalue weighted by atomic mass is 16.5. The van der Waals surface area contributed by atoms with Gasteiger partial charge < -0.3 is 19.1 Å². The molecular formula is C17H23NO5. The molecule has 1 amide bonds. The van der Waals surface area contributed by atoms with Crippen LogP contribution in [0.15, 0.2) is 24.3 Å². The van der Waals surface area contributed by atoms with Crippen molar-refractivity contribution >= 4 is 11.9 Å². The van der Waals surface area contributed by atoms with Crippen LogP contribution in [0.2, 0.25) is 0 Å². The van der Waals surface area contributed by atoms with E-state index in [9.17, 15) is 9.59 Å². The molecule has 0 radical (unpaired) electrons. The van der Waals surface area contributed by atoms with Gasteiger partial charge in [0, 0.05) is 19.2 Å². The first-order valence-corrected chi connectivity index (χ1v) is 7.72. The molecule has 0 unspecified atom stereocenters. The van der Waals surface area contributed by atoms with E-state index in [4.69, 9.17) is 14.2 Å². The van der Waals surface area contributed by atoms with Gasteiger partial charge in [-0.3, -0.25) is 9.59 Å². The number of hydrogen-bond acceptors (Lipinski definition) is 5. The highest BCUT2D eigenvalue weighted by Crippen LogP contribution is 2.22. The van der Waals surface area contributed by atoms with Crippen LogP contribution >= 0.6 is 0 Å². The Morgan fingerprint density at radius 3 is 2.43 bits per heavy atom. The van der Waals surface area contributed by atoms with E-state index in [1.807, 2.05) is 12.1 Å². The first kappa shape index (κ1) is 17.1. The zero-order chi connectivity index (χ0) is 16.8. The molecule has 0 saturated carbocycles. The van der Waals surface area contributed by atoms with Crippen molar-refractivity contribution in [3.05, 3.63) is 24.3 Å². The molecule has 1 aliphatic rings. The SMILES string of the molecule is COC(=O)C1CCN(C(=O)[C@H](C)Oc2cccc(OC)c2)CC1. The Hall–Kier alpha value is -2.24. The maximum Gasteiger partial charge on any atom is 0.308 e. The van der Waals surface area contributed by atoms with Gasteiger partial charge in [0.1, 0.15) is 11.5 Å². The Morgan fingerprint density at radius 2 is 1.83 bits per heavy atom. The van der Waals surface area contributed by atoms with E-state index in [0.29, 0.717) is 37.4 Å². The molecule has 23 heavy (non-hydrogen) atoms. The highest BCUT2D eigenvalue weighted by molar-refractivity contribution is 5.81. The van der Waals surface area contributed by atoms with Gasteiger partial charge in [0.25, 0.3) is 5.91 Å². The van der Waals surface area contributed by atoms with E-state index in [0.717, 1.165) is 0 Å². The summed E-state index contributed by atoms with van der Waals surface area (Å²) < 4.78 is 15.6. The van der Waals surface area contributed by atoms with Crippen molar-refractivity contribution in [2.24, 2.45) is 5.92 Å². The summed E-state index contributed by atoms with van der Waals surface area (Å²) in [4.78, 5) is 25.7. The minimum absolute atomic E-state index is 0.0730. The number of esters is 1. The van der Waals surface area contributed by atoms with Crippen LogP contribution in [0.25, 0.3) is 0 Å². The summed E-state index contributed by atoms with van der Waals surface area (Å²) in [6.07, 6.45) is 0.672. The molecule has 2 rings (SSSR count). The van der Waals surface area contributed by atoms with Gasteiger partial charge in [-0.25, -0.2) is 0 Å². The first-order valence-electron chi connectivity index (χ1n) is 7.72. The van der Waals surface area contributed by atoms with E-state index >= 15 is 0 Å². The van der Waals surface area contributed by atoms with Crippen molar-refractivity contribution < 1.29 is 23.8 Å². The normalized spacial score (nSPS) is 16.6. The second-order valence-electron chi connectivity index (χ2n) is 5.56. The zero-order valence-corrected chi connectivity index (χ0v) is 13.8. The first-order chi connectivity index (χ1) is 11.0. The molecule has 1 heterocycles. The van der Waals surface area contributed by atoms with Crippen LogP contribution in [-0.2, 0) is 14.3 Å². The number of likely N-dealkylation sites (tertiary alicyclic amines) is 1. The Labute approximate surface area is 136 Å². The van der Waals surface area contributed by atoms with Crippen molar-refractivity contribution in [2.45, 2.75) is 25.9 Å². The maximum absolute atomic E-state index is 12.5. The predicted octanol–water partition coefficient (Wildman–Crippen LogP) is 1.87. The van der Waals surface area contributed by atoms with Crippen LogP contribution < -0.4 is 9.47 Å². The number of methoxy groups -OCH3 is 2. The van der Waals surface area contributed by atoms with Gasteiger partial charge in [0.15, 0.2) is 6.10 Å². The number of nitrogens with zero attached hydrogens (tertiary/aromatic N) is 1. The second kappa shape index (κ2) is 7.85. The fourth-order valence-electron chi connectivity index (χ4n) is 2.69. The molecule has 6 nitrogen and oxygen atoms in total. The number of hydrogen-bond donors (Lipinski definition) is 0. The Morgan fingerprint density at radius 1 is 1.17 bits per heavy atom. The fourth-order valence-corrected chi connectivity index (χ4v) is 2.69. The van der Waals surface area contributed by atoms with Gasteiger partial charge >= 0.3 is 5.97 Å². The topological polar surface area (TPSA) is 65.1 Å². The molecule has 1 fully saturated rings. The minimum Gasteiger partial charge on any atom is -0.497 e. The molecule has 1 aromatic carbocycles. The molecule has 0 aromatic heterocycles. The summed E-state index contributed by atoms with van der Waals surface area (Å²) in [5, 5.41) is 0. The Balaban J connectivity index is 1.89. The van der Waals surface area contributed by atoms with Crippen molar-refractivity contribution in [3.63, 3.8) is 0 Å². The van der Waals surface area contributed by atoms with Crippen LogP contribution in [0.3, 0.4) is 0 Å². The summed E-state index contributed by atoms with van der Waals surface area (Å²) >= 11 is 0. The summed E-state index contributed by atoms with van der Waals surface area (Å²) in [7, 11) is 2.98. The third-order valence-electron chi connectivity index (χ3n) is 4.04. The highest BCUT2D eigenvalue weighted by Gasteiger charge is 2.30. The average Bonchev–Trinajstić information content (AvgIpc) is 2.60. The molecule has 0 spiro atoms. The van der Waals surface area contributed by atoms with Crippen molar-refractivity contribution in [2.75, 3.05) is 27.3 Å². The number of ether oxygens (including phenoxy) is 3. The van der Waals surface area contributed by atoms with E-state index in [1.54, 1.807) is 31.1 Å². The van der Waals surface area contributed by atoms with E-state index in [-0.39, 0.29) is 17.8 Å². The van der Waals surface area contributed by atoms with Crippen LogP contribution in [0, 0.1) is 5.92 Å². The summed E-state index contributed by atoms with van der Waals surface area (Å²) in [6.45, 7) is 2.82. The third kappa shape index (κ3) is 4.37. The third-order valence-corrected chi connectivity index (χ3v) is 4.04. The standard InChI is InChI=1S/C17H23NO5/c1-12(23-15-6-4-5-14(11-15)21-2)16(19)18-9-7-13(8-10-18)17(20)22-3/h4-6,11-13H,7-10H2,1-3H3/t12-/m0/s1. The molecule has 1 aromatic rings. The van der Waals surface area contributed by atoms with Crippen LogP contribution in [0.4, 0.5) is 0 Å². The molecule has 0 N–H and O–H groups in total. The van der Waals surface area contributed by atoms with Crippen LogP contribution in [0.5, 0.6) is 11.5 Å². The molecule has 0 aliphatic carbocycles. The summed E-state index contributed by atoms with van der Waals surface area (Å²) in [5.74, 6) is 0.892. The van der Waals surface area contributed by atoms with Crippen molar-refractivity contribution in [3.8, 4) is 11.5 Å². The predicted molar refractivity (Wildman–Crippen MR) is 84.4 cm³/mol. The maximum atomic E-state index is 12.5. The Kier molecular flexibility index (Phi) is 5.84. The fraction of sp³-hybridized carbons (Fsp3) is 0.529. The van der Waals surface area contributed by atoms with Gasteiger partial charge in [-0.1, -0.05) is 6.07 Å². The van der Waals surface area contributed by atoms with Crippen LogP contribution in [-0.4, -0.2) is 50.2 Å². The second-order valence-corrected chi connectivity index (χ2v) is 5.56. The van der Waals surface area contributed by atoms with Gasteiger partial charge in [-0.15, -0.1) is 0 Å². The molecule has 1 saturated heterocycles. The number of carbonyl (C=O) groups excluding carboxylic acids is 2. The van der Waals surface area contributed by atoms with Gasteiger partial charge in [-0.2, -0.15) is 0 Å². The quantitative estimate of drug-likeness (QED) is 0.775. The van der Waals surface area contributed by atoms with E-state index < -0.39 is 6.10 Å². The van der Waals surface area contributed by atoms with E-state index in [1.165, 1.54) is 7.11 Å². The molecule has 1 atom stereocenters. The smallest absolute Gasteiger partial charge is 0.308 e. The lowest BCUT2D eigenvalue weighted by atomic mass is 9.97. The van der Waals surface area contributed by atoms with Gasteiger partial charge in [0.05, 0.1) is 20.1 Å². The lowest BCUT2D eigenvalue weighted by Gasteiger charge is -2.32. The number of carbonyl (C=O) groups is 2. The van der Waals surface area contributed by atoms with Gasteiger partial charge in [0.2, 0.25) is 0 Å². The molecular weight excluding hydrogens is 298 g/mol. The van der Waals surface area contributed by atoms with Crippen molar-refractivity contribution in [1.82, 2.24) is 4.90 Å². The number of benzene rings is 1. The largest absolute Gasteiger partial charge is 0.497 e. The van der Waals surface area contributed by atoms with Crippen molar-refractivity contribution in [1.29, 1.82) is 0 Å². The lowest BCUT2D eigenvalue weighted by Crippen LogP contribution is -2.45. The molecule has 6 heteroatoms.